The lowest BCUT2D eigenvalue weighted by atomic mass is 9.90. The lowest BCUT2D eigenvalue weighted by Crippen LogP contribution is -2.08. The fraction of sp³-hybridized carbons (Fsp3) is 0.529. The van der Waals surface area contributed by atoms with Crippen LogP contribution in [0.4, 0.5) is 0 Å². The molecule has 0 unspecified atom stereocenters. The minimum atomic E-state index is 1.09. The molecule has 19 heavy (non-hydrogen) atoms. The number of hydrogen-bond donors (Lipinski definition) is 2. The van der Waals surface area contributed by atoms with Gasteiger partial charge in [0.2, 0.25) is 0 Å². The highest BCUT2D eigenvalue weighted by Crippen LogP contribution is 2.30. The third kappa shape index (κ3) is 2.42. The van der Waals surface area contributed by atoms with E-state index in [0.29, 0.717) is 0 Å². The summed E-state index contributed by atoms with van der Waals surface area (Å²) in [6, 6.07) is 4.86. The van der Waals surface area contributed by atoms with E-state index in [1.165, 1.54) is 60.7 Å². The van der Waals surface area contributed by atoms with E-state index in [-0.39, 0.29) is 0 Å². The van der Waals surface area contributed by atoms with Gasteiger partial charge in [-0.1, -0.05) is 0 Å². The van der Waals surface area contributed by atoms with Crippen molar-refractivity contribution in [3.05, 3.63) is 34.5 Å². The highest BCUT2D eigenvalue weighted by Gasteiger charge is 2.14. The standard InChI is InChI=1S/C17H24N2/c1-12-15(8-5-9-18-2)16-10-13-6-3-4-7-14(13)11-17(16)19-12/h10-11,18-19H,3-9H2,1-2H3. The van der Waals surface area contributed by atoms with Crippen molar-refractivity contribution in [1.82, 2.24) is 10.3 Å². The highest BCUT2D eigenvalue weighted by molar-refractivity contribution is 5.86. The normalized spacial score (nSPS) is 14.8. The number of benzene rings is 1. The van der Waals surface area contributed by atoms with Gasteiger partial charge in [0.15, 0.2) is 0 Å². The maximum absolute atomic E-state index is 3.58. The molecule has 2 heteroatoms. The van der Waals surface area contributed by atoms with Gasteiger partial charge in [0, 0.05) is 16.6 Å². The summed E-state index contributed by atoms with van der Waals surface area (Å²) in [5.74, 6) is 0. The molecule has 2 N–H and O–H groups in total. The Kier molecular flexibility index (Phi) is 3.61. The summed E-state index contributed by atoms with van der Waals surface area (Å²) in [6.07, 6.45) is 7.63. The van der Waals surface area contributed by atoms with Gasteiger partial charge >= 0.3 is 0 Å². The van der Waals surface area contributed by atoms with Gasteiger partial charge < -0.3 is 10.3 Å². The molecule has 0 radical (unpaired) electrons. The third-order valence-electron chi connectivity index (χ3n) is 4.44. The van der Waals surface area contributed by atoms with Gasteiger partial charge in [0.25, 0.3) is 0 Å². The fourth-order valence-corrected chi connectivity index (χ4v) is 3.38. The van der Waals surface area contributed by atoms with Crippen LogP contribution in [-0.4, -0.2) is 18.6 Å². The lowest BCUT2D eigenvalue weighted by molar-refractivity contribution is 0.687. The summed E-state index contributed by atoms with van der Waals surface area (Å²) < 4.78 is 0. The second-order valence-electron chi connectivity index (χ2n) is 5.81. The monoisotopic (exact) mass is 256 g/mol. The Morgan fingerprint density at radius 2 is 1.89 bits per heavy atom. The predicted molar refractivity (Wildman–Crippen MR) is 81.9 cm³/mol. The van der Waals surface area contributed by atoms with E-state index >= 15 is 0 Å². The van der Waals surface area contributed by atoms with E-state index in [9.17, 15) is 0 Å². The van der Waals surface area contributed by atoms with Crippen LogP contribution in [0.3, 0.4) is 0 Å². The van der Waals surface area contributed by atoms with Crippen molar-refractivity contribution in [2.75, 3.05) is 13.6 Å². The number of H-pyrrole nitrogens is 1. The second kappa shape index (κ2) is 5.38. The lowest BCUT2D eigenvalue weighted by Gasteiger charge is -2.15. The molecule has 1 heterocycles. The molecule has 0 bridgehead atoms. The van der Waals surface area contributed by atoms with E-state index in [0.717, 1.165) is 6.54 Å². The molecular weight excluding hydrogens is 232 g/mol. The van der Waals surface area contributed by atoms with Gasteiger partial charge in [-0.3, -0.25) is 0 Å². The van der Waals surface area contributed by atoms with Gasteiger partial charge in [-0.25, -0.2) is 0 Å². The Morgan fingerprint density at radius 3 is 2.63 bits per heavy atom. The van der Waals surface area contributed by atoms with Crippen LogP contribution < -0.4 is 5.32 Å². The van der Waals surface area contributed by atoms with Crippen molar-refractivity contribution in [1.29, 1.82) is 0 Å². The summed E-state index contributed by atoms with van der Waals surface area (Å²) in [4.78, 5) is 3.58. The topological polar surface area (TPSA) is 27.8 Å². The van der Waals surface area contributed by atoms with Crippen LogP contribution in [0.25, 0.3) is 10.9 Å². The van der Waals surface area contributed by atoms with E-state index in [4.69, 9.17) is 0 Å². The number of aromatic nitrogens is 1. The van der Waals surface area contributed by atoms with E-state index < -0.39 is 0 Å². The molecule has 0 fully saturated rings. The molecule has 1 aliphatic rings. The Morgan fingerprint density at radius 1 is 1.16 bits per heavy atom. The quantitative estimate of drug-likeness (QED) is 0.805. The molecule has 2 aromatic rings. The molecule has 1 aromatic carbocycles. The Balaban J connectivity index is 1.99. The summed E-state index contributed by atoms with van der Waals surface area (Å²) in [5.41, 5.74) is 7.39. The summed E-state index contributed by atoms with van der Waals surface area (Å²) in [7, 11) is 2.03. The average molecular weight is 256 g/mol. The first-order valence-electron chi connectivity index (χ1n) is 7.57. The minimum absolute atomic E-state index is 1.09. The zero-order valence-electron chi connectivity index (χ0n) is 12.1. The van der Waals surface area contributed by atoms with Crippen LogP contribution in [0.2, 0.25) is 0 Å². The number of aromatic amines is 1. The molecule has 0 aliphatic heterocycles. The molecular formula is C17H24N2. The summed E-state index contributed by atoms with van der Waals surface area (Å²) in [6.45, 7) is 3.31. The molecule has 1 aliphatic carbocycles. The number of fused-ring (bicyclic) bond motifs is 2. The number of hydrogen-bond acceptors (Lipinski definition) is 1. The summed E-state index contributed by atoms with van der Waals surface area (Å²) in [5, 5.41) is 4.70. The Hall–Kier alpha value is -1.28. The molecule has 1 aromatic heterocycles. The zero-order chi connectivity index (χ0) is 13.2. The van der Waals surface area contributed by atoms with Gasteiger partial charge in [-0.2, -0.15) is 0 Å². The van der Waals surface area contributed by atoms with Gasteiger partial charge in [-0.15, -0.1) is 0 Å². The highest BCUT2D eigenvalue weighted by atomic mass is 14.8. The van der Waals surface area contributed by atoms with Crippen molar-refractivity contribution in [3.8, 4) is 0 Å². The first-order chi connectivity index (χ1) is 9.29. The van der Waals surface area contributed by atoms with Crippen molar-refractivity contribution < 1.29 is 0 Å². The first kappa shape index (κ1) is 12.7. The zero-order valence-corrected chi connectivity index (χ0v) is 12.1. The number of aryl methyl sites for hydroxylation is 4. The van der Waals surface area contributed by atoms with Crippen molar-refractivity contribution >= 4 is 10.9 Å². The maximum Gasteiger partial charge on any atom is 0.0461 e. The molecule has 0 saturated heterocycles. The Labute approximate surface area is 115 Å². The van der Waals surface area contributed by atoms with Crippen molar-refractivity contribution in [2.45, 2.75) is 45.4 Å². The molecule has 0 amide bonds. The van der Waals surface area contributed by atoms with Crippen LogP contribution in [0.15, 0.2) is 12.1 Å². The molecule has 0 saturated carbocycles. The largest absolute Gasteiger partial charge is 0.358 e. The Bertz CT molecular complexity index is 580. The fourth-order valence-electron chi connectivity index (χ4n) is 3.38. The molecule has 0 spiro atoms. The smallest absolute Gasteiger partial charge is 0.0461 e. The van der Waals surface area contributed by atoms with Crippen LogP contribution in [0, 0.1) is 6.92 Å². The average Bonchev–Trinajstić information content (AvgIpc) is 2.72. The molecule has 3 rings (SSSR count). The summed E-state index contributed by atoms with van der Waals surface area (Å²) >= 11 is 0. The molecule has 0 atom stereocenters. The molecule has 2 nitrogen and oxygen atoms in total. The third-order valence-corrected chi connectivity index (χ3v) is 4.44. The molecule has 102 valence electrons. The van der Waals surface area contributed by atoms with Crippen LogP contribution in [0.1, 0.15) is 41.6 Å². The minimum Gasteiger partial charge on any atom is -0.358 e. The van der Waals surface area contributed by atoms with Crippen molar-refractivity contribution in [2.24, 2.45) is 0 Å². The SMILES string of the molecule is CNCCCc1c(C)[nH]c2cc3c(cc12)CCCC3. The van der Waals surface area contributed by atoms with Crippen LogP contribution in [-0.2, 0) is 19.3 Å². The van der Waals surface area contributed by atoms with Gasteiger partial charge in [0.1, 0.15) is 0 Å². The van der Waals surface area contributed by atoms with Crippen LogP contribution in [0.5, 0.6) is 0 Å². The predicted octanol–water partition coefficient (Wildman–Crippen LogP) is 3.51. The first-order valence-corrected chi connectivity index (χ1v) is 7.57. The second-order valence-corrected chi connectivity index (χ2v) is 5.81. The van der Waals surface area contributed by atoms with Crippen molar-refractivity contribution in [3.63, 3.8) is 0 Å². The maximum atomic E-state index is 3.58. The number of nitrogens with one attached hydrogen (secondary N) is 2. The van der Waals surface area contributed by atoms with E-state index in [1.54, 1.807) is 11.1 Å². The van der Waals surface area contributed by atoms with Crippen LogP contribution >= 0.6 is 0 Å². The van der Waals surface area contributed by atoms with E-state index in [1.807, 2.05) is 7.05 Å². The number of rotatable bonds is 4. The van der Waals surface area contributed by atoms with Gasteiger partial charge in [0.05, 0.1) is 0 Å². The van der Waals surface area contributed by atoms with Gasteiger partial charge in [-0.05, 0) is 87.9 Å². The van der Waals surface area contributed by atoms with E-state index in [2.05, 4.69) is 29.4 Å².